The third-order valence-electron chi connectivity index (χ3n) is 3.04. The number of anilines is 1. The Kier molecular flexibility index (Phi) is 8.68. The van der Waals surface area contributed by atoms with Gasteiger partial charge >= 0.3 is 0 Å². The van der Waals surface area contributed by atoms with Crippen LogP contribution in [-0.4, -0.2) is 14.7 Å². The van der Waals surface area contributed by atoms with Crippen molar-refractivity contribution in [3.63, 3.8) is 0 Å². The van der Waals surface area contributed by atoms with Gasteiger partial charge in [-0.15, -0.1) is 0 Å². The average Bonchev–Trinajstić information content (AvgIpc) is 2.56. The van der Waals surface area contributed by atoms with Crippen LogP contribution in [0.3, 0.4) is 0 Å². The highest BCUT2D eigenvalue weighted by molar-refractivity contribution is 7.79. The molecule has 0 spiro atoms. The van der Waals surface area contributed by atoms with Gasteiger partial charge in [-0.3, -0.25) is 9.00 Å². The average molecular weight is 367 g/mol. The molecule has 130 valence electrons. The van der Waals surface area contributed by atoms with Gasteiger partial charge in [0, 0.05) is 21.2 Å². The molecule has 0 aliphatic heterocycles. The van der Waals surface area contributed by atoms with Crippen LogP contribution in [0.15, 0.2) is 47.4 Å². The first-order chi connectivity index (χ1) is 11.5. The minimum absolute atomic E-state index is 0.0745. The zero-order chi connectivity index (χ0) is 18.1. The van der Waals surface area contributed by atoms with Gasteiger partial charge in [-0.1, -0.05) is 44.9 Å². The lowest BCUT2D eigenvalue weighted by Gasteiger charge is -2.10. The van der Waals surface area contributed by atoms with E-state index in [1.54, 1.807) is 12.1 Å². The Bertz CT molecular complexity index is 719. The van der Waals surface area contributed by atoms with Gasteiger partial charge in [-0.2, -0.15) is 0 Å². The summed E-state index contributed by atoms with van der Waals surface area (Å²) in [6.45, 7) is 6.06. The number of nitrogens with one attached hydrogen (secondary N) is 1. The molecule has 0 aliphatic rings. The van der Waals surface area contributed by atoms with E-state index >= 15 is 0 Å². The maximum atomic E-state index is 12.2. The van der Waals surface area contributed by atoms with Crippen LogP contribution >= 0.6 is 11.6 Å². The molecule has 1 unspecified atom stereocenters. The Morgan fingerprint density at radius 2 is 1.92 bits per heavy atom. The van der Waals surface area contributed by atoms with Crippen LogP contribution in [0, 0.1) is 0 Å². The van der Waals surface area contributed by atoms with Crippen LogP contribution in [0.2, 0.25) is 5.02 Å². The number of halogens is 1. The number of hydrogen-bond donors (Lipinski definition) is 1. The summed E-state index contributed by atoms with van der Waals surface area (Å²) in [6, 6.07) is 11.2. The van der Waals surface area contributed by atoms with Gasteiger partial charge in [0.1, 0.15) is 0 Å². The molecule has 1 N–H and O–H groups in total. The van der Waals surface area contributed by atoms with Gasteiger partial charge in [-0.05, 0) is 59.5 Å². The fraction of sp³-hybridized carbons (Fsp3) is 0.278. The smallest absolute Gasteiger partial charge is 0.255 e. The van der Waals surface area contributed by atoms with E-state index in [9.17, 15) is 13.6 Å². The Morgan fingerprint density at radius 1 is 1.21 bits per heavy atom. The van der Waals surface area contributed by atoms with Crippen LogP contribution in [0.1, 0.15) is 43.1 Å². The summed E-state index contributed by atoms with van der Waals surface area (Å²) in [5, 5.41) is 3.29. The second-order valence-electron chi connectivity index (χ2n) is 4.81. The largest absolute Gasteiger partial charge is 0.768 e. The number of aryl methyl sites for hydroxylation is 1. The lowest BCUT2D eigenvalue weighted by atomic mass is 10.1. The Balaban J connectivity index is 0.00000139. The third-order valence-corrected chi connectivity index (χ3v) is 3.90. The molecule has 4 nitrogen and oxygen atoms in total. The normalized spacial score (nSPS) is 11.2. The van der Waals surface area contributed by atoms with Crippen LogP contribution in [0.5, 0.6) is 0 Å². The molecule has 0 radical (unpaired) electrons. The zero-order valence-corrected chi connectivity index (χ0v) is 15.5. The van der Waals surface area contributed by atoms with Gasteiger partial charge in [0.15, 0.2) is 0 Å². The monoisotopic (exact) mass is 366 g/mol. The molecule has 0 heterocycles. The summed E-state index contributed by atoms with van der Waals surface area (Å²) in [6.07, 6.45) is 1.85. The molecule has 1 amide bonds. The van der Waals surface area contributed by atoms with Crippen LogP contribution in [-0.2, 0) is 17.5 Å². The topological polar surface area (TPSA) is 69.2 Å². The second kappa shape index (κ2) is 10.2. The SMILES string of the molecule is CC.CCCc1cc(Cl)cc(NC(=O)c2cccc(S(=O)[O-])c2)c1. The number of hydrogen-bond acceptors (Lipinski definition) is 3. The third kappa shape index (κ3) is 6.07. The minimum Gasteiger partial charge on any atom is -0.768 e. The van der Waals surface area contributed by atoms with E-state index in [4.69, 9.17) is 11.6 Å². The van der Waals surface area contributed by atoms with Gasteiger partial charge < -0.3 is 9.87 Å². The number of carbonyl (C=O) groups excluding carboxylic acids is 1. The predicted octanol–water partition coefficient (Wildman–Crippen LogP) is 4.81. The molecule has 0 bridgehead atoms. The molecule has 1 atom stereocenters. The van der Waals surface area contributed by atoms with E-state index in [2.05, 4.69) is 12.2 Å². The molecule has 0 aliphatic carbocycles. The van der Waals surface area contributed by atoms with Crippen molar-refractivity contribution in [2.75, 3.05) is 5.32 Å². The van der Waals surface area contributed by atoms with Crippen molar-refractivity contribution in [2.45, 2.75) is 38.5 Å². The first kappa shape index (κ1) is 20.4. The quantitative estimate of drug-likeness (QED) is 0.772. The van der Waals surface area contributed by atoms with E-state index in [1.807, 2.05) is 26.0 Å². The first-order valence-corrected chi connectivity index (χ1v) is 9.25. The van der Waals surface area contributed by atoms with Crippen molar-refractivity contribution < 1.29 is 13.6 Å². The van der Waals surface area contributed by atoms with Crippen molar-refractivity contribution in [1.82, 2.24) is 0 Å². The summed E-state index contributed by atoms with van der Waals surface area (Å²) in [5.74, 6) is -0.378. The van der Waals surface area contributed by atoms with Crippen molar-refractivity contribution in [1.29, 1.82) is 0 Å². The highest BCUT2D eigenvalue weighted by atomic mass is 35.5. The first-order valence-electron chi connectivity index (χ1n) is 7.79. The number of carbonyl (C=O) groups is 1. The number of amides is 1. The molecule has 6 heteroatoms. The fourth-order valence-electron chi connectivity index (χ4n) is 2.10. The molecule has 24 heavy (non-hydrogen) atoms. The maximum absolute atomic E-state index is 12.2. The molecule has 0 aromatic heterocycles. The molecule has 2 aromatic rings. The van der Waals surface area contributed by atoms with Crippen LogP contribution in [0.4, 0.5) is 5.69 Å². The minimum atomic E-state index is -2.36. The summed E-state index contributed by atoms with van der Waals surface area (Å²) < 4.78 is 21.9. The summed E-state index contributed by atoms with van der Waals surface area (Å²) in [4.78, 5) is 12.3. The van der Waals surface area contributed by atoms with E-state index in [0.29, 0.717) is 10.7 Å². The molecule has 2 aromatic carbocycles. The number of benzene rings is 2. The van der Waals surface area contributed by atoms with Crippen molar-refractivity contribution in [2.24, 2.45) is 0 Å². The second-order valence-corrected chi connectivity index (χ2v) is 6.19. The molecular weight excluding hydrogens is 346 g/mol. The van der Waals surface area contributed by atoms with Gasteiger partial charge in [0.05, 0.1) is 0 Å². The summed E-state index contributed by atoms with van der Waals surface area (Å²) in [7, 11) is 0. The Labute approximate surface area is 150 Å². The van der Waals surface area contributed by atoms with Crippen molar-refractivity contribution >= 4 is 34.3 Å². The van der Waals surface area contributed by atoms with Gasteiger partial charge in [0.2, 0.25) is 0 Å². The van der Waals surface area contributed by atoms with Crippen molar-refractivity contribution in [3.8, 4) is 0 Å². The highest BCUT2D eigenvalue weighted by Crippen LogP contribution is 2.21. The molecule has 2 rings (SSSR count). The van der Waals surface area contributed by atoms with E-state index < -0.39 is 11.1 Å². The standard InChI is InChI=1S/C16H16ClNO3S.C2H6/c1-2-4-11-7-13(17)10-14(8-11)18-16(19)12-5-3-6-15(9-12)22(20)21;1-2/h3,5-10H,2,4H2,1H3,(H,18,19)(H,20,21);1-2H3/p-1. The van der Waals surface area contributed by atoms with E-state index in [0.717, 1.165) is 18.4 Å². The highest BCUT2D eigenvalue weighted by Gasteiger charge is 2.08. The lowest BCUT2D eigenvalue weighted by Crippen LogP contribution is -2.12. The predicted molar refractivity (Wildman–Crippen MR) is 98.4 cm³/mol. The van der Waals surface area contributed by atoms with Crippen LogP contribution < -0.4 is 5.32 Å². The Morgan fingerprint density at radius 3 is 2.54 bits per heavy atom. The molecule has 0 fully saturated rings. The lowest BCUT2D eigenvalue weighted by molar-refractivity contribution is 0.102. The fourth-order valence-corrected chi connectivity index (χ4v) is 2.77. The summed E-state index contributed by atoms with van der Waals surface area (Å²) in [5.41, 5.74) is 1.91. The number of rotatable bonds is 5. The van der Waals surface area contributed by atoms with E-state index in [-0.39, 0.29) is 16.4 Å². The molecule has 0 saturated heterocycles. The molecular formula is C18H21ClNO3S-. The van der Waals surface area contributed by atoms with Gasteiger partial charge in [-0.25, -0.2) is 0 Å². The summed E-state index contributed by atoms with van der Waals surface area (Å²) >= 11 is 3.69. The van der Waals surface area contributed by atoms with Crippen molar-refractivity contribution in [3.05, 3.63) is 58.6 Å². The Hall–Kier alpha value is -1.69. The molecule has 0 saturated carbocycles. The van der Waals surface area contributed by atoms with Crippen LogP contribution in [0.25, 0.3) is 0 Å². The zero-order valence-electron chi connectivity index (χ0n) is 14.0. The van der Waals surface area contributed by atoms with E-state index in [1.165, 1.54) is 18.2 Å². The maximum Gasteiger partial charge on any atom is 0.255 e. The van der Waals surface area contributed by atoms with Gasteiger partial charge in [0.25, 0.3) is 5.91 Å².